The molecule has 2 aliphatic rings. The first-order chi connectivity index (χ1) is 16.1. The summed E-state index contributed by atoms with van der Waals surface area (Å²) in [4.78, 5) is 15.5. The summed E-state index contributed by atoms with van der Waals surface area (Å²) in [5.41, 5.74) is 3.35. The molecule has 33 heavy (non-hydrogen) atoms. The highest BCUT2D eigenvalue weighted by Crippen LogP contribution is 2.42. The molecule has 1 saturated carbocycles. The zero-order chi connectivity index (χ0) is 22.9. The van der Waals surface area contributed by atoms with Gasteiger partial charge in [-0.1, -0.05) is 42.1 Å². The van der Waals surface area contributed by atoms with Gasteiger partial charge in [-0.3, -0.25) is 4.79 Å². The van der Waals surface area contributed by atoms with Gasteiger partial charge in [0.1, 0.15) is 5.82 Å². The van der Waals surface area contributed by atoms with E-state index in [0.717, 1.165) is 41.4 Å². The summed E-state index contributed by atoms with van der Waals surface area (Å²) in [7, 11) is 3.29. The summed E-state index contributed by atoms with van der Waals surface area (Å²) in [6.45, 7) is 2.63. The van der Waals surface area contributed by atoms with E-state index in [1.54, 1.807) is 14.2 Å². The molecule has 8 heteroatoms. The highest BCUT2D eigenvalue weighted by molar-refractivity contribution is 7.99. The number of hydrogen-bond acceptors (Lipinski definition) is 6. The van der Waals surface area contributed by atoms with Gasteiger partial charge in [0, 0.05) is 12.6 Å². The highest BCUT2D eigenvalue weighted by atomic mass is 32.2. The Balaban J connectivity index is 1.45. The molecule has 1 unspecified atom stereocenters. The Morgan fingerprint density at radius 2 is 1.82 bits per heavy atom. The van der Waals surface area contributed by atoms with Crippen molar-refractivity contribution in [2.75, 3.05) is 26.5 Å². The van der Waals surface area contributed by atoms with Crippen LogP contribution in [0.25, 0.3) is 0 Å². The van der Waals surface area contributed by atoms with E-state index in [1.165, 1.54) is 17.3 Å². The van der Waals surface area contributed by atoms with Crippen molar-refractivity contribution in [1.29, 1.82) is 0 Å². The summed E-state index contributed by atoms with van der Waals surface area (Å²) >= 11 is 1.48. The Bertz CT molecular complexity index is 1160. The van der Waals surface area contributed by atoms with Gasteiger partial charge in [-0.2, -0.15) is 0 Å². The van der Waals surface area contributed by atoms with E-state index < -0.39 is 0 Å². The molecule has 1 fully saturated rings. The van der Waals surface area contributed by atoms with Crippen LogP contribution in [0.3, 0.4) is 0 Å². The third-order valence-electron chi connectivity index (χ3n) is 6.38. The van der Waals surface area contributed by atoms with Gasteiger partial charge < -0.3 is 18.9 Å². The zero-order valence-corrected chi connectivity index (χ0v) is 20.0. The minimum absolute atomic E-state index is 0.0947. The number of hydrogen-bond donors (Lipinski definition) is 0. The lowest BCUT2D eigenvalue weighted by Crippen LogP contribution is -2.41. The minimum atomic E-state index is -0.175. The molecule has 1 aromatic heterocycles. The Hall–Kier alpha value is -3.00. The summed E-state index contributed by atoms with van der Waals surface area (Å²) in [6, 6.07) is 14.6. The van der Waals surface area contributed by atoms with Crippen LogP contribution in [0.4, 0.5) is 0 Å². The maximum Gasteiger partial charge on any atom is 0.233 e. The average molecular weight is 465 g/mol. The fourth-order valence-corrected chi connectivity index (χ4v) is 5.56. The van der Waals surface area contributed by atoms with E-state index in [-0.39, 0.29) is 11.9 Å². The molecule has 2 heterocycles. The van der Waals surface area contributed by atoms with Crippen molar-refractivity contribution in [2.24, 2.45) is 0 Å². The molecule has 7 nitrogen and oxygen atoms in total. The molecule has 3 aromatic rings. The smallest absolute Gasteiger partial charge is 0.233 e. The fraction of sp³-hybridized carbons (Fsp3) is 0.400. The van der Waals surface area contributed by atoms with Crippen LogP contribution in [0.5, 0.6) is 11.5 Å². The van der Waals surface area contributed by atoms with Gasteiger partial charge in [-0.15, -0.1) is 10.2 Å². The lowest BCUT2D eigenvalue weighted by atomic mass is 9.87. The lowest BCUT2D eigenvalue weighted by Gasteiger charge is -2.38. The predicted octanol–water partition coefficient (Wildman–Crippen LogP) is 4.21. The van der Waals surface area contributed by atoms with Crippen molar-refractivity contribution in [3.63, 3.8) is 0 Å². The van der Waals surface area contributed by atoms with Gasteiger partial charge in [0.15, 0.2) is 16.7 Å². The number of fused-ring (bicyclic) bond motifs is 1. The molecule has 0 saturated heterocycles. The molecule has 1 aliphatic heterocycles. The maximum atomic E-state index is 13.5. The summed E-state index contributed by atoms with van der Waals surface area (Å²) < 4.78 is 13.3. The van der Waals surface area contributed by atoms with Crippen LogP contribution in [0.15, 0.2) is 47.6 Å². The molecule has 0 radical (unpaired) electrons. The topological polar surface area (TPSA) is 69.5 Å². The van der Waals surface area contributed by atoms with Crippen LogP contribution in [-0.4, -0.2) is 52.1 Å². The van der Waals surface area contributed by atoms with Gasteiger partial charge in [-0.25, -0.2) is 0 Å². The van der Waals surface area contributed by atoms with Crippen molar-refractivity contribution in [2.45, 2.75) is 43.4 Å². The normalized spacial score (nSPS) is 17.5. The molecule has 0 bridgehead atoms. The summed E-state index contributed by atoms with van der Waals surface area (Å²) in [6.07, 6.45) is 3.09. The number of thioether (sulfide) groups is 1. The van der Waals surface area contributed by atoms with E-state index in [0.29, 0.717) is 29.8 Å². The first-order valence-corrected chi connectivity index (χ1v) is 12.2. The summed E-state index contributed by atoms with van der Waals surface area (Å²) in [5.74, 6) is 2.73. The summed E-state index contributed by atoms with van der Waals surface area (Å²) in [5, 5.41) is 9.40. The Morgan fingerprint density at radius 1 is 1.09 bits per heavy atom. The molecule has 1 atom stereocenters. The SMILES string of the molecule is COc1cc2c(cc1OC)C(c1ccccc1)N(C(=O)CSc1nnc(C)n1C1CC1)CC2. The first kappa shape index (κ1) is 21.8. The second-order valence-corrected chi connectivity index (χ2v) is 9.42. The van der Waals surface area contributed by atoms with Crippen LogP contribution in [-0.2, 0) is 11.2 Å². The van der Waals surface area contributed by atoms with Crippen molar-refractivity contribution in [1.82, 2.24) is 19.7 Å². The largest absolute Gasteiger partial charge is 0.493 e. The first-order valence-electron chi connectivity index (χ1n) is 11.2. The van der Waals surface area contributed by atoms with E-state index >= 15 is 0 Å². The van der Waals surface area contributed by atoms with Crippen molar-refractivity contribution < 1.29 is 14.3 Å². The number of carbonyl (C=O) groups is 1. The predicted molar refractivity (Wildman–Crippen MR) is 127 cm³/mol. The van der Waals surface area contributed by atoms with Crippen LogP contribution in [0.2, 0.25) is 0 Å². The number of ether oxygens (including phenoxy) is 2. The molecule has 5 rings (SSSR count). The van der Waals surface area contributed by atoms with Crippen molar-refractivity contribution in [3.05, 3.63) is 65.0 Å². The standard InChI is InChI=1S/C25H28N4O3S/c1-16-26-27-25(29(16)19-9-10-19)33-15-23(30)28-12-11-18-13-21(31-2)22(32-3)14-20(18)24(28)17-7-5-4-6-8-17/h4-8,13-14,19,24H,9-12,15H2,1-3H3. The van der Waals surface area contributed by atoms with E-state index in [9.17, 15) is 4.79 Å². The van der Waals surface area contributed by atoms with E-state index in [4.69, 9.17) is 9.47 Å². The lowest BCUT2D eigenvalue weighted by molar-refractivity contribution is -0.130. The molecule has 0 N–H and O–H groups in total. The van der Waals surface area contributed by atoms with Crippen LogP contribution < -0.4 is 9.47 Å². The molecule has 1 amide bonds. The number of aromatic nitrogens is 3. The molecule has 172 valence electrons. The van der Waals surface area contributed by atoms with Gasteiger partial charge in [0.2, 0.25) is 5.91 Å². The molecule has 1 aliphatic carbocycles. The number of rotatable bonds is 7. The van der Waals surface area contributed by atoms with E-state index in [2.05, 4.69) is 26.9 Å². The van der Waals surface area contributed by atoms with Gasteiger partial charge in [0.05, 0.1) is 26.0 Å². The van der Waals surface area contributed by atoms with Crippen LogP contribution in [0, 0.1) is 6.92 Å². The zero-order valence-electron chi connectivity index (χ0n) is 19.2. The maximum absolute atomic E-state index is 13.5. The highest BCUT2D eigenvalue weighted by Gasteiger charge is 2.34. The average Bonchev–Trinajstić information content (AvgIpc) is 3.62. The second-order valence-electron chi connectivity index (χ2n) is 8.48. The number of carbonyl (C=O) groups excluding carboxylic acids is 1. The second kappa shape index (κ2) is 9.09. The molecule has 2 aromatic carbocycles. The number of nitrogens with zero attached hydrogens (tertiary/aromatic N) is 4. The number of benzene rings is 2. The Morgan fingerprint density at radius 3 is 2.52 bits per heavy atom. The van der Waals surface area contributed by atoms with Gasteiger partial charge in [-0.05, 0) is 55.0 Å². The Kier molecular flexibility index (Phi) is 6.01. The molecule has 0 spiro atoms. The van der Waals surface area contributed by atoms with Crippen molar-refractivity contribution >= 4 is 17.7 Å². The number of aryl methyl sites for hydroxylation is 1. The third kappa shape index (κ3) is 4.19. The third-order valence-corrected chi connectivity index (χ3v) is 7.31. The molecular weight excluding hydrogens is 436 g/mol. The number of methoxy groups -OCH3 is 2. The Labute approximate surface area is 198 Å². The fourth-order valence-electron chi connectivity index (χ4n) is 4.62. The number of amides is 1. The van der Waals surface area contributed by atoms with E-state index in [1.807, 2.05) is 42.2 Å². The van der Waals surface area contributed by atoms with Crippen molar-refractivity contribution in [3.8, 4) is 11.5 Å². The molecular formula is C25H28N4O3S. The van der Waals surface area contributed by atoms with Gasteiger partial charge >= 0.3 is 0 Å². The van der Waals surface area contributed by atoms with Crippen LogP contribution >= 0.6 is 11.8 Å². The minimum Gasteiger partial charge on any atom is -0.493 e. The van der Waals surface area contributed by atoms with Gasteiger partial charge in [0.25, 0.3) is 0 Å². The monoisotopic (exact) mass is 464 g/mol. The quantitative estimate of drug-likeness (QED) is 0.488. The van der Waals surface area contributed by atoms with Crippen LogP contribution in [0.1, 0.15) is 47.4 Å².